The topological polar surface area (TPSA) is 60.2 Å². The van der Waals surface area contributed by atoms with Gasteiger partial charge in [0.2, 0.25) is 0 Å². The molecule has 8 heteroatoms. The molecule has 0 radical (unpaired) electrons. The van der Waals surface area contributed by atoms with Gasteiger partial charge in [-0.25, -0.2) is 4.98 Å². The fourth-order valence-corrected chi connectivity index (χ4v) is 5.84. The Morgan fingerprint density at radius 3 is 2.43 bits per heavy atom. The summed E-state index contributed by atoms with van der Waals surface area (Å²) in [7, 11) is 0. The van der Waals surface area contributed by atoms with Crippen LogP contribution in [0, 0.1) is 6.92 Å². The average Bonchev–Trinajstić information content (AvgIpc) is 3.20. The molecule has 4 aromatic rings. The molecule has 3 aromatic heterocycles. The van der Waals surface area contributed by atoms with Gasteiger partial charge in [-0.15, -0.1) is 10.2 Å². The molecule has 154 valence electrons. The van der Waals surface area contributed by atoms with Crippen LogP contribution in [-0.4, -0.2) is 19.6 Å². The first kappa shape index (κ1) is 21.1. The van der Waals surface area contributed by atoms with Crippen molar-refractivity contribution in [3.63, 3.8) is 0 Å². The lowest BCUT2D eigenvalue weighted by Gasteiger charge is -2.06. The third-order valence-corrected chi connectivity index (χ3v) is 7.97. The third-order valence-electron chi connectivity index (χ3n) is 4.68. The highest BCUT2D eigenvalue weighted by atomic mass is 32.2. The predicted octanol–water partition coefficient (Wildman–Crippen LogP) is 5.56. The first-order valence-corrected chi connectivity index (χ1v) is 12.4. The van der Waals surface area contributed by atoms with E-state index in [1.807, 2.05) is 19.1 Å². The van der Waals surface area contributed by atoms with Crippen molar-refractivity contribution in [1.29, 1.82) is 0 Å². The molecule has 0 bridgehead atoms. The molecular weight excluding hydrogens is 432 g/mol. The van der Waals surface area contributed by atoms with E-state index in [1.165, 1.54) is 11.1 Å². The highest BCUT2D eigenvalue weighted by Crippen LogP contribution is 2.32. The summed E-state index contributed by atoms with van der Waals surface area (Å²) in [5.41, 5.74) is 5.03. The molecule has 0 N–H and O–H groups in total. The molecule has 0 aliphatic heterocycles. The molecular formula is C22H22N4OS3. The van der Waals surface area contributed by atoms with Gasteiger partial charge in [0.15, 0.2) is 8.68 Å². The van der Waals surface area contributed by atoms with Gasteiger partial charge in [-0.2, -0.15) is 0 Å². The van der Waals surface area contributed by atoms with E-state index in [0.29, 0.717) is 17.3 Å². The van der Waals surface area contributed by atoms with Crippen LogP contribution in [0.2, 0.25) is 0 Å². The molecule has 0 amide bonds. The van der Waals surface area contributed by atoms with Crippen molar-refractivity contribution in [3.8, 4) is 0 Å². The van der Waals surface area contributed by atoms with Gasteiger partial charge in [0, 0.05) is 23.8 Å². The van der Waals surface area contributed by atoms with Gasteiger partial charge in [-0.05, 0) is 35.6 Å². The zero-order chi connectivity index (χ0) is 21.1. The molecule has 0 atom stereocenters. The number of pyridine rings is 1. The van der Waals surface area contributed by atoms with Gasteiger partial charge in [0.25, 0.3) is 5.56 Å². The fourth-order valence-electron chi connectivity index (χ4n) is 2.98. The lowest BCUT2D eigenvalue weighted by atomic mass is 10.0. The van der Waals surface area contributed by atoms with E-state index in [-0.39, 0.29) is 5.56 Å². The van der Waals surface area contributed by atoms with E-state index < -0.39 is 0 Å². The monoisotopic (exact) mass is 454 g/mol. The molecule has 0 aliphatic carbocycles. The summed E-state index contributed by atoms with van der Waals surface area (Å²) >= 11 is 4.85. The van der Waals surface area contributed by atoms with Gasteiger partial charge in [0.1, 0.15) is 5.65 Å². The number of aryl methyl sites for hydroxylation is 1. The van der Waals surface area contributed by atoms with Crippen LogP contribution >= 0.6 is 34.9 Å². The lowest BCUT2D eigenvalue weighted by Crippen LogP contribution is -2.15. The Bertz CT molecular complexity index is 1220. The molecule has 1 aromatic carbocycles. The summed E-state index contributed by atoms with van der Waals surface area (Å²) in [6, 6.07) is 14.2. The zero-order valence-corrected chi connectivity index (χ0v) is 19.5. The number of hydrogen-bond acceptors (Lipinski definition) is 7. The largest absolute Gasteiger partial charge is 0.269 e. The van der Waals surface area contributed by atoms with Crippen LogP contribution in [0.15, 0.2) is 62.1 Å². The average molecular weight is 455 g/mol. The van der Waals surface area contributed by atoms with Gasteiger partial charge in [-0.1, -0.05) is 79.0 Å². The fraction of sp³-hybridized carbons (Fsp3) is 0.273. The first-order valence-electron chi connectivity index (χ1n) is 9.65. The zero-order valence-electron chi connectivity index (χ0n) is 17.0. The Hall–Kier alpha value is -2.16. The Labute approximate surface area is 188 Å². The number of fused-ring (bicyclic) bond motifs is 1. The van der Waals surface area contributed by atoms with Gasteiger partial charge < -0.3 is 0 Å². The van der Waals surface area contributed by atoms with Crippen LogP contribution < -0.4 is 5.56 Å². The highest BCUT2D eigenvalue weighted by molar-refractivity contribution is 8.02. The molecule has 5 nitrogen and oxygen atoms in total. The summed E-state index contributed by atoms with van der Waals surface area (Å²) in [6.45, 7) is 6.37. The van der Waals surface area contributed by atoms with Crippen LogP contribution in [0.4, 0.5) is 0 Å². The summed E-state index contributed by atoms with van der Waals surface area (Å²) < 4.78 is 3.42. The van der Waals surface area contributed by atoms with Crippen molar-refractivity contribution in [2.75, 3.05) is 0 Å². The quantitative estimate of drug-likeness (QED) is 0.341. The molecule has 0 saturated carbocycles. The Morgan fingerprint density at radius 2 is 1.73 bits per heavy atom. The normalized spacial score (nSPS) is 11.5. The van der Waals surface area contributed by atoms with Gasteiger partial charge in [-0.3, -0.25) is 9.20 Å². The van der Waals surface area contributed by atoms with Crippen molar-refractivity contribution in [2.24, 2.45) is 0 Å². The second-order valence-corrected chi connectivity index (χ2v) is 10.7. The third kappa shape index (κ3) is 4.94. The van der Waals surface area contributed by atoms with Gasteiger partial charge in [0.05, 0.1) is 5.69 Å². The van der Waals surface area contributed by atoms with E-state index in [4.69, 9.17) is 0 Å². The summed E-state index contributed by atoms with van der Waals surface area (Å²) in [5.74, 6) is 2.02. The Morgan fingerprint density at radius 1 is 1.03 bits per heavy atom. The Balaban J connectivity index is 1.37. The highest BCUT2D eigenvalue weighted by Gasteiger charge is 2.09. The maximum Gasteiger partial charge on any atom is 0.258 e. The number of benzene rings is 1. The minimum atomic E-state index is -0.0590. The summed E-state index contributed by atoms with van der Waals surface area (Å²) in [5, 5.41) is 8.58. The maximum atomic E-state index is 12.3. The molecule has 0 aliphatic rings. The van der Waals surface area contributed by atoms with Crippen LogP contribution in [0.25, 0.3) is 5.65 Å². The lowest BCUT2D eigenvalue weighted by molar-refractivity contribution is 0.866. The van der Waals surface area contributed by atoms with E-state index >= 15 is 0 Å². The number of rotatable bonds is 7. The van der Waals surface area contributed by atoms with Crippen molar-refractivity contribution >= 4 is 40.5 Å². The molecule has 0 saturated heterocycles. The molecule has 4 rings (SSSR count). The van der Waals surface area contributed by atoms with Crippen molar-refractivity contribution in [1.82, 2.24) is 19.6 Å². The van der Waals surface area contributed by atoms with Gasteiger partial charge >= 0.3 is 0 Å². The first-order chi connectivity index (χ1) is 14.5. The predicted molar refractivity (Wildman–Crippen MR) is 126 cm³/mol. The maximum absolute atomic E-state index is 12.3. The molecule has 0 unspecified atom stereocenters. The smallest absolute Gasteiger partial charge is 0.258 e. The van der Waals surface area contributed by atoms with E-state index in [2.05, 4.69) is 53.3 Å². The second-order valence-electron chi connectivity index (χ2n) is 7.28. The molecule has 0 fully saturated rings. The molecule has 0 spiro atoms. The Kier molecular flexibility index (Phi) is 6.55. The van der Waals surface area contributed by atoms with E-state index in [1.54, 1.807) is 51.5 Å². The SMILES string of the molecule is Cc1cccn2c(=O)cc(CSc3nnc(SCc4ccc(C(C)C)cc4)s3)nc12. The molecule has 30 heavy (non-hydrogen) atoms. The van der Waals surface area contributed by atoms with Crippen LogP contribution in [0.5, 0.6) is 0 Å². The van der Waals surface area contributed by atoms with Crippen molar-refractivity contribution in [2.45, 2.75) is 46.9 Å². The number of hydrogen-bond donors (Lipinski definition) is 0. The van der Waals surface area contributed by atoms with Crippen molar-refractivity contribution < 1.29 is 0 Å². The van der Waals surface area contributed by atoms with Crippen LogP contribution in [-0.2, 0) is 11.5 Å². The second kappa shape index (κ2) is 9.32. The number of aromatic nitrogens is 4. The number of nitrogens with zero attached hydrogens (tertiary/aromatic N) is 4. The van der Waals surface area contributed by atoms with E-state index in [0.717, 1.165) is 25.7 Å². The minimum absolute atomic E-state index is 0.0590. The number of thioether (sulfide) groups is 2. The van der Waals surface area contributed by atoms with Crippen LogP contribution in [0.1, 0.15) is 42.1 Å². The summed E-state index contributed by atoms with van der Waals surface area (Å²) in [6.07, 6.45) is 1.75. The van der Waals surface area contributed by atoms with E-state index in [9.17, 15) is 4.79 Å². The minimum Gasteiger partial charge on any atom is -0.269 e. The molecule has 3 heterocycles. The van der Waals surface area contributed by atoms with Crippen molar-refractivity contribution in [3.05, 3.63) is 81.4 Å². The standard InChI is InChI=1S/C22H22N4OS3/c1-14(2)17-8-6-16(7-9-17)12-28-21-24-25-22(30-21)29-13-18-11-19(27)26-10-4-5-15(3)20(26)23-18/h4-11,14H,12-13H2,1-3H3. The summed E-state index contributed by atoms with van der Waals surface area (Å²) in [4.78, 5) is 17.0. The van der Waals surface area contributed by atoms with Crippen LogP contribution in [0.3, 0.4) is 0 Å².